The molecule has 1 saturated carbocycles. The van der Waals surface area contributed by atoms with E-state index in [9.17, 15) is 5.11 Å². The zero-order valence-electron chi connectivity index (χ0n) is 20.1. The first kappa shape index (κ1) is 25.5. The van der Waals surface area contributed by atoms with E-state index in [4.69, 9.17) is 40.0 Å². The Morgan fingerprint density at radius 3 is 2.60 bits per heavy atom. The Bertz CT molecular complexity index is 824. The van der Waals surface area contributed by atoms with Crippen LogP contribution in [0.15, 0.2) is 36.4 Å². The van der Waals surface area contributed by atoms with Crippen LogP contribution in [-0.4, -0.2) is 62.1 Å². The number of rotatable bonds is 9. The molecule has 8 heteroatoms. The van der Waals surface area contributed by atoms with E-state index in [1.54, 1.807) is 6.07 Å². The van der Waals surface area contributed by atoms with Crippen LogP contribution in [0.4, 0.5) is 0 Å². The van der Waals surface area contributed by atoms with Gasteiger partial charge in [-0.1, -0.05) is 29.8 Å². The third kappa shape index (κ3) is 6.98. The van der Waals surface area contributed by atoms with E-state index in [0.717, 1.165) is 58.2 Å². The fraction of sp³-hybridized carbons (Fsp3) is 0.704. The number of ether oxygens (including phenoxy) is 6. The van der Waals surface area contributed by atoms with E-state index in [2.05, 4.69) is 12.2 Å². The summed E-state index contributed by atoms with van der Waals surface area (Å²) in [5.74, 6) is 1.01. The largest absolute Gasteiger partial charge is 0.490 e. The lowest BCUT2D eigenvalue weighted by Gasteiger charge is -2.30. The van der Waals surface area contributed by atoms with Crippen molar-refractivity contribution in [1.29, 1.82) is 0 Å². The van der Waals surface area contributed by atoms with Crippen LogP contribution < -0.4 is 4.74 Å². The number of hydrogen-bond acceptors (Lipinski definition) is 7. The minimum absolute atomic E-state index is 0.00278. The summed E-state index contributed by atoms with van der Waals surface area (Å²) >= 11 is 6.12. The molecule has 0 spiro atoms. The van der Waals surface area contributed by atoms with Crippen molar-refractivity contribution >= 4 is 11.6 Å². The second-order valence-electron chi connectivity index (χ2n) is 9.94. The first-order valence-electron chi connectivity index (χ1n) is 13.1. The van der Waals surface area contributed by atoms with Crippen molar-refractivity contribution in [3.8, 4) is 5.75 Å². The highest BCUT2D eigenvalue weighted by molar-refractivity contribution is 6.30. The molecule has 0 radical (unpaired) electrons. The lowest BCUT2D eigenvalue weighted by molar-refractivity contribution is -0.196. The molecule has 0 bridgehead atoms. The molecule has 1 aliphatic carbocycles. The normalized spacial score (nSPS) is 36.3. The molecule has 5 rings (SSSR count). The monoisotopic (exact) mass is 508 g/mol. The minimum atomic E-state index is -0.707. The van der Waals surface area contributed by atoms with Gasteiger partial charge in [-0.3, -0.25) is 0 Å². The van der Waals surface area contributed by atoms with Gasteiger partial charge in [-0.05, 0) is 62.6 Å². The average Bonchev–Trinajstić information content (AvgIpc) is 3.37. The Morgan fingerprint density at radius 1 is 1.06 bits per heavy atom. The molecule has 3 saturated heterocycles. The third-order valence-corrected chi connectivity index (χ3v) is 7.59. The Hall–Kier alpha value is -1.19. The molecule has 3 unspecified atom stereocenters. The van der Waals surface area contributed by atoms with Crippen molar-refractivity contribution < 1.29 is 33.5 Å². The van der Waals surface area contributed by atoms with Gasteiger partial charge in [0.1, 0.15) is 18.5 Å². The van der Waals surface area contributed by atoms with Crippen LogP contribution in [0, 0.1) is 11.8 Å². The summed E-state index contributed by atoms with van der Waals surface area (Å²) in [6.07, 6.45) is 10.3. The molecule has 3 heterocycles. The van der Waals surface area contributed by atoms with Crippen LogP contribution in [0.1, 0.15) is 51.4 Å². The molecule has 7 nitrogen and oxygen atoms in total. The predicted molar refractivity (Wildman–Crippen MR) is 130 cm³/mol. The van der Waals surface area contributed by atoms with Crippen molar-refractivity contribution in [3.63, 3.8) is 0 Å². The molecule has 194 valence electrons. The number of benzene rings is 1. The molecule has 3 aliphatic heterocycles. The average molecular weight is 509 g/mol. The van der Waals surface area contributed by atoms with Crippen LogP contribution in [0.2, 0.25) is 5.02 Å². The molecular formula is C27H37ClO7. The standard InChI is InChI=1S/C27H37ClO7/c28-18-6-5-7-19(14-18)32-17-20(33-26-8-1-3-12-30-26)10-11-21-22-15-25(29)34-24(22)16-23(21)35-27-9-2-4-13-31-27/h5-7,10-11,14,20-27,29H,1-4,8-9,12-13,15-17H2/b11-10+/t20-,21-,22-,23-,24+,25?,26?,27?/m1/s1. The number of aliphatic hydroxyl groups is 1. The van der Waals surface area contributed by atoms with E-state index < -0.39 is 6.29 Å². The second-order valence-corrected chi connectivity index (χ2v) is 10.4. The van der Waals surface area contributed by atoms with E-state index in [1.165, 1.54) is 0 Å². The van der Waals surface area contributed by atoms with Gasteiger partial charge in [0.25, 0.3) is 0 Å². The van der Waals surface area contributed by atoms with Crippen molar-refractivity contribution in [3.05, 3.63) is 41.4 Å². The van der Waals surface area contributed by atoms with Crippen LogP contribution >= 0.6 is 11.6 Å². The van der Waals surface area contributed by atoms with Crippen LogP contribution in [-0.2, 0) is 23.7 Å². The topological polar surface area (TPSA) is 75.6 Å². The van der Waals surface area contributed by atoms with E-state index in [-0.39, 0.29) is 42.7 Å². The molecular weight excluding hydrogens is 472 g/mol. The fourth-order valence-electron chi connectivity index (χ4n) is 5.61. The lowest BCUT2D eigenvalue weighted by atomic mass is 9.91. The summed E-state index contributed by atoms with van der Waals surface area (Å²) in [6.45, 7) is 1.81. The molecule has 4 aliphatic rings. The molecule has 4 fully saturated rings. The second kappa shape index (κ2) is 12.4. The predicted octanol–water partition coefficient (Wildman–Crippen LogP) is 4.84. The van der Waals surface area contributed by atoms with Gasteiger partial charge in [0.2, 0.25) is 0 Å². The zero-order chi connectivity index (χ0) is 24.0. The van der Waals surface area contributed by atoms with Gasteiger partial charge in [-0.25, -0.2) is 0 Å². The molecule has 0 aromatic heterocycles. The fourth-order valence-corrected chi connectivity index (χ4v) is 5.79. The van der Waals surface area contributed by atoms with Crippen molar-refractivity contribution in [2.75, 3.05) is 19.8 Å². The molecule has 0 amide bonds. The summed E-state index contributed by atoms with van der Waals surface area (Å²) in [6, 6.07) is 7.37. The van der Waals surface area contributed by atoms with E-state index >= 15 is 0 Å². The number of aliphatic hydroxyl groups excluding tert-OH is 1. The van der Waals surface area contributed by atoms with Crippen molar-refractivity contribution in [1.82, 2.24) is 0 Å². The van der Waals surface area contributed by atoms with Gasteiger partial charge in [-0.15, -0.1) is 0 Å². The zero-order valence-corrected chi connectivity index (χ0v) is 20.9. The highest BCUT2D eigenvalue weighted by atomic mass is 35.5. The minimum Gasteiger partial charge on any atom is -0.490 e. The highest BCUT2D eigenvalue weighted by Gasteiger charge is 2.49. The first-order valence-corrected chi connectivity index (χ1v) is 13.5. The maximum Gasteiger partial charge on any atom is 0.158 e. The Balaban J connectivity index is 1.28. The van der Waals surface area contributed by atoms with Crippen LogP contribution in [0.25, 0.3) is 0 Å². The molecule has 35 heavy (non-hydrogen) atoms. The molecule has 8 atom stereocenters. The van der Waals surface area contributed by atoms with Gasteiger partial charge in [-0.2, -0.15) is 0 Å². The van der Waals surface area contributed by atoms with Gasteiger partial charge in [0, 0.05) is 37.0 Å². The van der Waals surface area contributed by atoms with Gasteiger partial charge in [0.15, 0.2) is 18.9 Å². The Morgan fingerprint density at radius 2 is 1.86 bits per heavy atom. The summed E-state index contributed by atoms with van der Waals surface area (Å²) in [5.41, 5.74) is 0. The van der Waals surface area contributed by atoms with Gasteiger partial charge < -0.3 is 33.5 Å². The third-order valence-electron chi connectivity index (χ3n) is 7.36. The highest BCUT2D eigenvalue weighted by Crippen LogP contribution is 2.45. The number of hydrogen-bond donors (Lipinski definition) is 1. The SMILES string of the molecule is OC1C[C@@H]2[C@@H](/C=C/[C@H](COc3cccc(Cl)c3)OC3CCCCO3)[C@H](OC3CCCCO3)C[C@@H]2O1. The smallest absolute Gasteiger partial charge is 0.158 e. The van der Waals surface area contributed by atoms with E-state index in [1.807, 2.05) is 18.2 Å². The summed E-state index contributed by atoms with van der Waals surface area (Å²) in [4.78, 5) is 0. The lowest BCUT2D eigenvalue weighted by Crippen LogP contribution is -2.32. The van der Waals surface area contributed by atoms with Crippen molar-refractivity contribution in [2.24, 2.45) is 11.8 Å². The maximum absolute atomic E-state index is 10.1. The van der Waals surface area contributed by atoms with Gasteiger partial charge >= 0.3 is 0 Å². The number of halogens is 1. The summed E-state index contributed by atoms with van der Waals surface area (Å²) in [5, 5.41) is 10.7. The molecule has 1 N–H and O–H groups in total. The molecule has 1 aromatic rings. The van der Waals surface area contributed by atoms with Gasteiger partial charge in [0.05, 0.1) is 12.2 Å². The quantitative estimate of drug-likeness (QED) is 0.478. The Kier molecular flexibility index (Phi) is 9.00. The van der Waals surface area contributed by atoms with Crippen LogP contribution in [0.3, 0.4) is 0 Å². The van der Waals surface area contributed by atoms with Crippen LogP contribution in [0.5, 0.6) is 5.75 Å². The maximum atomic E-state index is 10.1. The Labute approximate surface area is 212 Å². The van der Waals surface area contributed by atoms with Crippen molar-refractivity contribution in [2.45, 2.75) is 88.5 Å². The number of fused-ring (bicyclic) bond motifs is 1. The van der Waals surface area contributed by atoms with E-state index in [0.29, 0.717) is 23.8 Å². The summed E-state index contributed by atoms with van der Waals surface area (Å²) in [7, 11) is 0. The summed E-state index contributed by atoms with van der Waals surface area (Å²) < 4.78 is 36.2. The first-order chi connectivity index (χ1) is 17.1. The molecule has 1 aromatic carbocycles.